The molecule has 0 bridgehead atoms. The quantitative estimate of drug-likeness (QED) is 0.648. The number of piperidine rings is 1. The molecule has 1 fully saturated rings. The third kappa shape index (κ3) is 3.90. The Labute approximate surface area is 107 Å². The lowest BCUT2D eigenvalue weighted by Crippen LogP contribution is -2.46. The number of amides is 1. The standard InChI is InChI=1S/C9H17N3O3S2/c1-11-9(13)7-3-2-4-12(5-7)17(14,15)6-8(10)16/h7H,2-6H2,1H3,(H2,10,16)(H,11,13). The van der Waals surface area contributed by atoms with Crippen molar-refractivity contribution in [2.45, 2.75) is 12.8 Å². The first-order chi connectivity index (χ1) is 7.86. The van der Waals surface area contributed by atoms with Crippen LogP contribution in [0.2, 0.25) is 0 Å². The number of sulfonamides is 1. The zero-order valence-electron chi connectivity index (χ0n) is 9.68. The molecule has 0 saturated carbocycles. The lowest BCUT2D eigenvalue weighted by molar-refractivity contribution is -0.125. The van der Waals surface area contributed by atoms with E-state index in [2.05, 4.69) is 17.5 Å². The predicted molar refractivity (Wildman–Crippen MR) is 68.9 cm³/mol. The average molecular weight is 279 g/mol. The van der Waals surface area contributed by atoms with Crippen LogP contribution >= 0.6 is 12.2 Å². The van der Waals surface area contributed by atoms with E-state index >= 15 is 0 Å². The van der Waals surface area contributed by atoms with E-state index in [1.165, 1.54) is 4.31 Å². The molecule has 1 aliphatic rings. The topological polar surface area (TPSA) is 92.5 Å². The Bertz CT molecular complexity index is 408. The van der Waals surface area contributed by atoms with Gasteiger partial charge >= 0.3 is 0 Å². The maximum atomic E-state index is 11.9. The van der Waals surface area contributed by atoms with Gasteiger partial charge in [0, 0.05) is 20.1 Å². The van der Waals surface area contributed by atoms with Gasteiger partial charge in [0.1, 0.15) is 5.75 Å². The van der Waals surface area contributed by atoms with Gasteiger partial charge in [0.2, 0.25) is 15.9 Å². The molecule has 1 aliphatic heterocycles. The highest BCUT2D eigenvalue weighted by Crippen LogP contribution is 2.19. The molecule has 8 heteroatoms. The number of hydrogen-bond acceptors (Lipinski definition) is 4. The number of thiocarbonyl (C=S) groups is 1. The van der Waals surface area contributed by atoms with E-state index in [-0.39, 0.29) is 29.1 Å². The summed E-state index contributed by atoms with van der Waals surface area (Å²) in [7, 11) is -1.92. The van der Waals surface area contributed by atoms with Crippen LogP contribution in [0.25, 0.3) is 0 Å². The minimum absolute atomic E-state index is 0.0490. The molecule has 6 nitrogen and oxygen atoms in total. The molecule has 1 heterocycles. The van der Waals surface area contributed by atoms with Crippen molar-refractivity contribution < 1.29 is 13.2 Å². The fourth-order valence-electron chi connectivity index (χ4n) is 1.88. The molecule has 0 aromatic heterocycles. The Balaban J connectivity index is 2.72. The highest BCUT2D eigenvalue weighted by Gasteiger charge is 2.32. The minimum atomic E-state index is -3.47. The Morgan fingerprint density at radius 3 is 2.76 bits per heavy atom. The summed E-state index contributed by atoms with van der Waals surface area (Å²) in [5, 5.41) is 2.54. The minimum Gasteiger partial charge on any atom is -0.392 e. The number of rotatable bonds is 4. The fourth-order valence-corrected chi connectivity index (χ4v) is 3.69. The van der Waals surface area contributed by atoms with Crippen molar-refractivity contribution >= 4 is 33.1 Å². The molecule has 17 heavy (non-hydrogen) atoms. The van der Waals surface area contributed by atoms with E-state index in [9.17, 15) is 13.2 Å². The third-order valence-electron chi connectivity index (χ3n) is 2.72. The molecule has 0 aliphatic carbocycles. The zero-order chi connectivity index (χ0) is 13.1. The number of nitrogens with one attached hydrogen (secondary N) is 1. The largest absolute Gasteiger partial charge is 0.392 e. The maximum absolute atomic E-state index is 11.9. The number of nitrogens with zero attached hydrogens (tertiary/aromatic N) is 1. The second kappa shape index (κ2) is 5.74. The van der Waals surface area contributed by atoms with Crippen LogP contribution in [-0.2, 0) is 14.8 Å². The monoisotopic (exact) mass is 279 g/mol. The zero-order valence-corrected chi connectivity index (χ0v) is 11.3. The molecular formula is C9H17N3O3S2. The summed E-state index contributed by atoms with van der Waals surface area (Å²) in [5.41, 5.74) is 5.25. The fraction of sp³-hybridized carbons (Fsp3) is 0.778. The van der Waals surface area contributed by atoms with E-state index in [1.54, 1.807) is 7.05 Å². The summed E-state index contributed by atoms with van der Waals surface area (Å²) in [4.78, 5) is 11.4. The van der Waals surface area contributed by atoms with E-state index < -0.39 is 10.0 Å². The van der Waals surface area contributed by atoms with Crippen LogP contribution in [0.5, 0.6) is 0 Å². The molecule has 1 rings (SSSR count). The summed E-state index contributed by atoms with van der Waals surface area (Å²) in [6.45, 7) is 0.642. The van der Waals surface area contributed by atoms with Crippen LogP contribution in [0.4, 0.5) is 0 Å². The van der Waals surface area contributed by atoms with Gasteiger partial charge in [-0.25, -0.2) is 12.7 Å². The van der Waals surface area contributed by atoms with Crippen LogP contribution in [0, 0.1) is 5.92 Å². The van der Waals surface area contributed by atoms with Gasteiger partial charge in [-0.2, -0.15) is 0 Å². The molecule has 0 radical (unpaired) electrons. The van der Waals surface area contributed by atoms with Crippen molar-refractivity contribution in [3.63, 3.8) is 0 Å². The second-order valence-corrected chi connectivity index (χ2v) is 6.53. The van der Waals surface area contributed by atoms with Gasteiger partial charge in [-0.15, -0.1) is 0 Å². The Hall–Kier alpha value is -0.730. The highest BCUT2D eigenvalue weighted by atomic mass is 32.2. The van der Waals surface area contributed by atoms with Gasteiger partial charge in [0.15, 0.2) is 0 Å². The molecule has 3 N–H and O–H groups in total. The predicted octanol–water partition coefficient (Wildman–Crippen LogP) is -0.940. The van der Waals surface area contributed by atoms with Gasteiger partial charge in [-0.1, -0.05) is 12.2 Å². The molecular weight excluding hydrogens is 262 g/mol. The molecule has 0 spiro atoms. The normalized spacial score (nSPS) is 22.1. The first-order valence-electron chi connectivity index (χ1n) is 5.34. The van der Waals surface area contributed by atoms with Crippen molar-refractivity contribution in [2.24, 2.45) is 11.7 Å². The molecule has 1 saturated heterocycles. The first kappa shape index (κ1) is 14.3. The molecule has 0 aromatic carbocycles. The summed E-state index contributed by atoms with van der Waals surface area (Å²) in [5.74, 6) is -0.738. The Kier molecular flexibility index (Phi) is 4.84. The van der Waals surface area contributed by atoms with Crippen LogP contribution in [-0.4, -0.2) is 49.5 Å². The molecule has 1 amide bonds. The van der Waals surface area contributed by atoms with Gasteiger partial charge in [0.25, 0.3) is 0 Å². The number of carbonyl (C=O) groups excluding carboxylic acids is 1. The van der Waals surface area contributed by atoms with Crippen LogP contribution in [0.15, 0.2) is 0 Å². The Morgan fingerprint density at radius 2 is 2.24 bits per heavy atom. The smallest absolute Gasteiger partial charge is 0.224 e. The summed E-state index contributed by atoms with van der Waals surface area (Å²) in [6, 6.07) is 0. The number of nitrogens with two attached hydrogens (primary N) is 1. The van der Waals surface area contributed by atoms with E-state index in [1.807, 2.05) is 0 Å². The summed E-state index contributed by atoms with van der Waals surface area (Å²) < 4.78 is 25.1. The van der Waals surface area contributed by atoms with Gasteiger partial charge in [-0.05, 0) is 12.8 Å². The van der Waals surface area contributed by atoms with Crippen molar-refractivity contribution in [2.75, 3.05) is 25.9 Å². The van der Waals surface area contributed by atoms with E-state index in [4.69, 9.17) is 5.73 Å². The van der Waals surface area contributed by atoms with Crippen molar-refractivity contribution in [1.82, 2.24) is 9.62 Å². The molecule has 1 atom stereocenters. The van der Waals surface area contributed by atoms with Crippen LogP contribution < -0.4 is 11.1 Å². The van der Waals surface area contributed by atoms with Crippen molar-refractivity contribution in [1.29, 1.82) is 0 Å². The molecule has 98 valence electrons. The van der Waals surface area contributed by atoms with E-state index in [0.29, 0.717) is 19.4 Å². The molecule has 1 unspecified atom stereocenters. The lowest BCUT2D eigenvalue weighted by atomic mass is 9.99. The van der Waals surface area contributed by atoms with Crippen molar-refractivity contribution in [3.8, 4) is 0 Å². The van der Waals surface area contributed by atoms with Crippen molar-refractivity contribution in [3.05, 3.63) is 0 Å². The van der Waals surface area contributed by atoms with E-state index in [0.717, 1.165) is 0 Å². The van der Waals surface area contributed by atoms with Gasteiger partial charge in [-0.3, -0.25) is 4.79 Å². The second-order valence-electron chi connectivity index (χ2n) is 4.03. The maximum Gasteiger partial charge on any atom is 0.224 e. The SMILES string of the molecule is CNC(=O)C1CCCN(S(=O)(=O)CC(N)=S)C1. The third-order valence-corrected chi connectivity index (χ3v) is 4.84. The summed E-state index contributed by atoms with van der Waals surface area (Å²) in [6.07, 6.45) is 1.38. The summed E-state index contributed by atoms with van der Waals surface area (Å²) >= 11 is 4.61. The first-order valence-corrected chi connectivity index (χ1v) is 7.36. The number of carbonyl (C=O) groups is 1. The van der Waals surface area contributed by atoms with Gasteiger partial charge in [0.05, 0.1) is 10.9 Å². The average Bonchev–Trinajstić information content (AvgIpc) is 2.26. The molecule has 0 aromatic rings. The van der Waals surface area contributed by atoms with Crippen LogP contribution in [0.1, 0.15) is 12.8 Å². The Morgan fingerprint density at radius 1 is 1.59 bits per heavy atom. The number of hydrogen-bond donors (Lipinski definition) is 2. The lowest BCUT2D eigenvalue weighted by Gasteiger charge is -2.30. The highest BCUT2D eigenvalue weighted by molar-refractivity contribution is 7.92. The van der Waals surface area contributed by atoms with Crippen LogP contribution in [0.3, 0.4) is 0 Å². The van der Waals surface area contributed by atoms with Gasteiger partial charge < -0.3 is 11.1 Å².